The molecular formula is C24H26N4O2. The summed E-state index contributed by atoms with van der Waals surface area (Å²) in [5.41, 5.74) is 4.39. The first kappa shape index (κ1) is 19.9. The second-order valence-electron chi connectivity index (χ2n) is 7.38. The minimum atomic E-state index is -0.163. The molecule has 1 aromatic carbocycles. The first-order valence-corrected chi connectivity index (χ1v) is 10.4. The molecule has 0 spiro atoms. The summed E-state index contributed by atoms with van der Waals surface area (Å²) in [4.78, 5) is 17.0. The van der Waals surface area contributed by atoms with Crippen molar-refractivity contribution < 1.29 is 9.53 Å². The van der Waals surface area contributed by atoms with Gasteiger partial charge in [0.2, 0.25) is 0 Å². The number of methoxy groups -OCH3 is 1. The van der Waals surface area contributed by atoms with Crippen LogP contribution in [-0.4, -0.2) is 34.3 Å². The molecule has 1 aliphatic rings. The number of rotatable bonds is 7. The van der Waals surface area contributed by atoms with Gasteiger partial charge < -0.3 is 10.1 Å². The molecule has 6 heteroatoms. The maximum atomic E-state index is 12.8. The van der Waals surface area contributed by atoms with Crippen molar-refractivity contribution in [3.05, 3.63) is 72.2 Å². The normalized spacial score (nSPS) is 13.6. The number of amides is 1. The zero-order valence-corrected chi connectivity index (χ0v) is 17.2. The van der Waals surface area contributed by atoms with Crippen LogP contribution in [0.25, 0.3) is 16.9 Å². The van der Waals surface area contributed by atoms with Gasteiger partial charge in [0.1, 0.15) is 5.75 Å². The number of carbonyl (C=O) groups is 1. The molecule has 2 aromatic heterocycles. The lowest BCUT2D eigenvalue weighted by Gasteiger charge is -2.12. The number of nitrogens with one attached hydrogen (secondary N) is 1. The maximum absolute atomic E-state index is 12.8. The molecule has 0 saturated carbocycles. The summed E-state index contributed by atoms with van der Waals surface area (Å²) in [7, 11) is 1.63. The number of ether oxygens (including phenoxy) is 1. The molecule has 0 unspecified atom stereocenters. The van der Waals surface area contributed by atoms with Crippen LogP contribution in [-0.2, 0) is 0 Å². The largest absolute Gasteiger partial charge is 0.497 e. The summed E-state index contributed by atoms with van der Waals surface area (Å²) in [5, 5.41) is 7.62. The van der Waals surface area contributed by atoms with Crippen molar-refractivity contribution in [1.29, 1.82) is 0 Å². The Morgan fingerprint density at radius 1 is 1.20 bits per heavy atom. The van der Waals surface area contributed by atoms with Gasteiger partial charge in [0.15, 0.2) is 5.69 Å². The van der Waals surface area contributed by atoms with Crippen LogP contribution in [0.3, 0.4) is 0 Å². The molecule has 4 rings (SSSR count). The summed E-state index contributed by atoms with van der Waals surface area (Å²) in [6.45, 7) is 0.627. The second-order valence-corrected chi connectivity index (χ2v) is 7.38. The quantitative estimate of drug-likeness (QED) is 0.588. The predicted octanol–water partition coefficient (Wildman–Crippen LogP) is 4.56. The van der Waals surface area contributed by atoms with Crippen molar-refractivity contribution in [2.75, 3.05) is 13.7 Å². The Morgan fingerprint density at radius 3 is 2.77 bits per heavy atom. The minimum Gasteiger partial charge on any atom is -0.497 e. The molecule has 6 nitrogen and oxygen atoms in total. The van der Waals surface area contributed by atoms with Gasteiger partial charge >= 0.3 is 0 Å². The molecular weight excluding hydrogens is 376 g/mol. The van der Waals surface area contributed by atoms with Gasteiger partial charge in [-0.05, 0) is 74.6 Å². The fourth-order valence-electron chi connectivity index (χ4n) is 3.69. The molecule has 0 atom stereocenters. The highest BCUT2D eigenvalue weighted by molar-refractivity contribution is 5.93. The average Bonchev–Trinajstić information content (AvgIpc) is 3.26. The summed E-state index contributed by atoms with van der Waals surface area (Å²) < 4.78 is 7.02. The van der Waals surface area contributed by atoms with E-state index in [-0.39, 0.29) is 5.91 Å². The standard InChI is InChI=1S/C24H26N4O2/c1-30-21-11-9-20(10-12-21)28-23(19-8-5-14-25-17-19)16-22(27-28)24(29)26-15-13-18-6-3-2-4-7-18/h5-6,8-12,14,16-17H,2-4,7,13,15H2,1H3,(H,26,29). The lowest BCUT2D eigenvalue weighted by Crippen LogP contribution is -2.25. The number of benzene rings is 1. The third-order valence-electron chi connectivity index (χ3n) is 5.33. The van der Waals surface area contributed by atoms with E-state index < -0.39 is 0 Å². The minimum absolute atomic E-state index is 0.163. The highest BCUT2D eigenvalue weighted by Gasteiger charge is 2.17. The lowest BCUT2D eigenvalue weighted by molar-refractivity contribution is 0.0948. The van der Waals surface area contributed by atoms with Crippen LogP contribution < -0.4 is 10.1 Å². The maximum Gasteiger partial charge on any atom is 0.271 e. The van der Waals surface area contributed by atoms with Crippen LogP contribution in [0.5, 0.6) is 5.75 Å². The van der Waals surface area contributed by atoms with E-state index in [9.17, 15) is 4.79 Å². The van der Waals surface area contributed by atoms with Crippen LogP contribution in [0.1, 0.15) is 42.6 Å². The zero-order valence-electron chi connectivity index (χ0n) is 17.2. The van der Waals surface area contributed by atoms with E-state index in [0.717, 1.165) is 42.0 Å². The fourth-order valence-corrected chi connectivity index (χ4v) is 3.69. The molecule has 0 radical (unpaired) electrons. The highest BCUT2D eigenvalue weighted by atomic mass is 16.5. The van der Waals surface area contributed by atoms with Crippen molar-refractivity contribution in [1.82, 2.24) is 20.1 Å². The molecule has 0 saturated heterocycles. The number of allylic oxidation sites excluding steroid dienone is 1. The Morgan fingerprint density at radius 2 is 2.07 bits per heavy atom. The smallest absolute Gasteiger partial charge is 0.271 e. The second kappa shape index (κ2) is 9.39. The molecule has 154 valence electrons. The monoisotopic (exact) mass is 402 g/mol. The molecule has 0 fully saturated rings. The SMILES string of the molecule is COc1ccc(-n2nc(C(=O)NCCC3=CCCCC3)cc2-c2cccnc2)cc1. The van der Waals surface area contributed by atoms with E-state index >= 15 is 0 Å². The number of aromatic nitrogens is 3. The first-order valence-electron chi connectivity index (χ1n) is 10.4. The summed E-state index contributed by atoms with van der Waals surface area (Å²) in [6.07, 6.45) is 11.5. The van der Waals surface area contributed by atoms with Gasteiger partial charge in [-0.25, -0.2) is 4.68 Å². The van der Waals surface area contributed by atoms with E-state index in [1.807, 2.05) is 42.5 Å². The lowest BCUT2D eigenvalue weighted by atomic mass is 9.97. The molecule has 0 aliphatic heterocycles. The Bertz CT molecular complexity index is 1020. The van der Waals surface area contributed by atoms with E-state index in [1.54, 1.807) is 24.2 Å². The summed E-state index contributed by atoms with van der Waals surface area (Å²) in [6, 6.07) is 13.2. The summed E-state index contributed by atoms with van der Waals surface area (Å²) >= 11 is 0. The van der Waals surface area contributed by atoms with Crippen LogP contribution in [0, 0.1) is 0 Å². The third kappa shape index (κ3) is 4.59. The first-order chi connectivity index (χ1) is 14.7. The van der Waals surface area contributed by atoms with Gasteiger partial charge in [0.25, 0.3) is 5.91 Å². The third-order valence-corrected chi connectivity index (χ3v) is 5.33. The van der Waals surface area contributed by atoms with Gasteiger partial charge in [-0.2, -0.15) is 5.10 Å². The molecule has 0 bridgehead atoms. The van der Waals surface area contributed by atoms with Crippen molar-refractivity contribution in [2.45, 2.75) is 32.1 Å². The zero-order chi connectivity index (χ0) is 20.8. The van der Waals surface area contributed by atoms with Crippen LogP contribution in [0.15, 0.2) is 66.5 Å². The van der Waals surface area contributed by atoms with E-state index in [2.05, 4.69) is 21.5 Å². The van der Waals surface area contributed by atoms with E-state index in [0.29, 0.717) is 12.2 Å². The van der Waals surface area contributed by atoms with Gasteiger partial charge in [-0.3, -0.25) is 9.78 Å². The molecule has 3 aromatic rings. The molecule has 1 amide bonds. The van der Waals surface area contributed by atoms with Crippen LogP contribution in [0.2, 0.25) is 0 Å². The predicted molar refractivity (Wildman–Crippen MR) is 117 cm³/mol. The highest BCUT2D eigenvalue weighted by Crippen LogP contribution is 2.25. The molecule has 30 heavy (non-hydrogen) atoms. The Hall–Kier alpha value is -3.41. The fraction of sp³-hybridized carbons (Fsp3) is 0.292. The number of pyridine rings is 1. The Balaban J connectivity index is 1.56. The van der Waals surface area contributed by atoms with Gasteiger partial charge in [0, 0.05) is 24.5 Å². The van der Waals surface area contributed by atoms with Crippen LogP contribution >= 0.6 is 0 Å². The van der Waals surface area contributed by atoms with Crippen molar-refractivity contribution in [3.8, 4) is 22.7 Å². The number of hydrogen-bond donors (Lipinski definition) is 1. The number of nitrogens with zero attached hydrogens (tertiary/aromatic N) is 3. The van der Waals surface area contributed by atoms with Crippen molar-refractivity contribution in [2.24, 2.45) is 0 Å². The topological polar surface area (TPSA) is 69.0 Å². The van der Waals surface area contributed by atoms with Crippen molar-refractivity contribution >= 4 is 5.91 Å². The average molecular weight is 402 g/mol. The van der Waals surface area contributed by atoms with Crippen LogP contribution in [0.4, 0.5) is 0 Å². The molecule has 1 N–H and O–H groups in total. The molecule has 1 aliphatic carbocycles. The molecule has 2 heterocycles. The Kier molecular flexibility index (Phi) is 6.23. The van der Waals surface area contributed by atoms with Gasteiger partial charge in [-0.15, -0.1) is 0 Å². The summed E-state index contributed by atoms with van der Waals surface area (Å²) in [5.74, 6) is 0.604. The van der Waals surface area contributed by atoms with Crippen molar-refractivity contribution in [3.63, 3.8) is 0 Å². The number of carbonyl (C=O) groups excluding carboxylic acids is 1. The van der Waals surface area contributed by atoms with E-state index in [4.69, 9.17) is 4.74 Å². The van der Waals surface area contributed by atoms with E-state index in [1.165, 1.54) is 18.4 Å². The Labute approximate surface area is 176 Å². The van der Waals surface area contributed by atoms with Gasteiger partial charge in [0.05, 0.1) is 18.5 Å². The van der Waals surface area contributed by atoms with Gasteiger partial charge in [-0.1, -0.05) is 11.6 Å². The number of hydrogen-bond acceptors (Lipinski definition) is 4.